The first-order chi connectivity index (χ1) is 3.27. The topological polar surface area (TPSA) is 23.8 Å². The molecular weight excluding hydrogens is 126 g/mol. The van der Waals surface area contributed by atoms with Gasteiger partial charge in [-0.05, 0) is 6.04 Å². The van der Waals surface area contributed by atoms with E-state index in [4.69, 9.17) is 16.3 Å². The maximum atomic E-state index is 8.02. The van der Waals surface area contributed by atoms with Crippen molar-refractivity contribution in [2.45, 2.75) is 19.0 Å². The lowest BCUT2D eigenvalue weighted by Crippen LogP contribution is -1.92. The van der Waals surface area contributed by atoms with Crippen LogP contribution in [-0.4, -0.2) is 8.11 Å². The van der Waals surface area contributed by atoms with Crippen molar-refractivity contribution in [3.63, 3.8) is 0 Å². The van der Waals surface area contributed by atoms with Gasteiger partial charge in [-0.2, -0.15) is 16.3 Å². The lowest BCUT2D eigenvalue weighted by atomic mass is 10.6. The molecule has 0 heterocycles. The summed E-state index contributed by atoms with van der Waals surface area (Å²) in [5.41, 5.74) is 0. The Morgan fingerprint density at radius 1 is 1.86 bits per heavy atom. The standard InChI is InChI=1S/C4H7ClNSi/c1-7(5)4-2-3-6/h2,4H2,1H3. The number of nitriles is 1. The lowest BCUT2D eigenvalue weighted by molar-refractivity contribution is 1.20. The minimum atomic E-state index is -0.648. The summed E-state index contributed by atoms with van der Waals surface area (Å²) in [7, 11) is -0.648. The maximum absolute atomic E-state index is 8.02. The van der Waals surface area contributed by atoms with Crippen molar-refractivity contribution in [3.05, 3.63) is 0 Å². The summed E-state index contributed by atoms with van der Waals surface area (Å²) in [5.74, 6) is 0. The third-order valence-electron chi connectivity index (χ3n) is 0.581. The third kappa shape index (κ3) is 6.00. The second kappa shape index (κ2) is 4.16. The number of hydrogen-bond acceptors (Lipinski definition) is 1. The van der Waals surface area contributed by atoms with Crippen LogP contribution in [0.25, 0.3) is 0 Å². The SMILES string of the molecule is C[Si](Cl)CCC#N. The minimum Gasteiger partial charge on any atom is -0.198 e. The zero-order valence-electron chi connectivity index (χ0n) is 4.24. The van der Waals surface area contributed by atoms with Crippen molar-refractivity contribution in [3.8, 4) is 6.07 Å². The minimum absolute atomic E-state index is 0.619. The van der Waals surface area contributed by atoms with E-state index in [0.717, 1.165) is 6.04 Å². The summed E-state index contributed by atoms with van der Waals surface area (Å²) in [6.07, 6.45) is 0.619. The van der Waals surface area contributed by atoms with Crippen molar-refractivity contribution in [1.82, 2.24) is 0 Å². The second-order valence-electron chi connectivity index (χ2n) is 1.33. The fourth-order valence-corrected chi connectivity index (χ4v) is 0.968. The van der Waals surface area contributed by atoms with Gasteiger partial charge in [-0.25, -0.2) is 0 Å². The third-order valence-corrected chi connectivity index (χ3v) is 2.09. The van der Waals surface area contributed by atoms with E-state index in [-0.39, 0.29) is 0 Å². The average Bonchev–Trinajstić information content (AvgIpc) is 1.61. The molecule has 0 saturated carbocycles. The molecule has 0 aromatic carbocycles. The van der Waals surface area contributed by atoms with Crippen molar-refractivity contribution < 1.29 is 0 Å². The van der Waals surface area contributed by atoms with Gasteiger partial charge < -0.3 is 0 Å². The average molecular weight is 133 g/mol. The fourth-order valence-electron chi connectivity index (χ4n) is 0.228. The van der Waals surface area contributed by atoms with Crippen molar-refractivity contribution in [2.24, 2.45) is 0 Å². The van der Waals surface area contributed by atoms with Gasteiger partial charge >= 0.3 is 0 Å². The second-order valence-corrected chi connectivity index (χ2v) is 5.12. The van der Waals surface area contributed by atoms with Crippen LogP contribution < -0.4 is 0 Å². The van der Waals surface area contributed by atoms with Gasteiger partial charge in [0.05, 0.1) is 6.07 Å². The van der Waals surface area contributed by atoms with Crippen LogP contribution in [0, 0.1) is 11.3 Å². The summed E-state index contributed by atoms with van der Waals surface area (Å²) in [6.45, 7) is 1.99. The molecule has 7 heavy (non-hydrogen) atoms. The molecule has 0 amide bonds. The first kappa shape index (κ1) is 7.00. The molecule has 0 aliphatic heterocycles. The van der Waals surface area contributed by atoms with Crippen LogP contribution >= 0.6 is 11.1 Å². The molecule has 0 rings (SSSR count). The van der Waals surface area contributed by atoms with Gasteiger partial charge in [0, 0.05) is 6.42 Å². The number of halogens is 1. The number of nitrogens with zero attached hydrogens (tertiary/aromatic N) is 1. The predicted molar refractivity (Wildman–Crippen MR) is 32.5 cm³/mol. The Labute approximate surface area is 50.2 Å². The summed E-state index contributed by atoms with van der Waals surface area (Å²) in [6, 6.07) is 2.95. The van der Waals surface area contributed by atoms with E-state index in [1.807, 2.05) is 12.6 Å². The van der Waals surface area contributed by atoms with Crippen LogP contribution in [0.15, 0.2) is 0 Å². The molecule has 1 radical (unpaired) electrons. The maximum Gasteiger partial charge on any atom is 0.163 e. The zero-order valence-corrected chi connectivity index (χ0v) is 6.00. The molecule has 0 bridgehead atoms. The van der Waals surface area contributed by atoms with Crippen LogP contribution in [0.3, 0.4) is 0 Å². The van der Waals surface area contributed by atoms with Crippen LogP contribution in [0.5, 0.6) is 0 Å². The molecule has 0 atom stereocenters. The Kier molecular flexibility index (Phi) is 4.16. The van der Waals surface area contributed by atoms with E-state index < -0.39 is 8.11 Å². The Balaban J connectivity index is 2.86. The summed E-state index contributed by atoms with van der Waals surface area (Å²) >= 11 is 5.61. The highest BCUT2D eigenvalue weighted by Gasteiger charge is 1.95. The molecule has 0 N–H and O–H groups in total. The zero-order chi connectivity index (χ0) is 5.70. The van der Waals surface area contributed by atoms with Crippen LogP contribution in [0.4, 0.5) is 0 Å². The van der Waals surface area contributed by atoms with Gasteiger partial charge in [0.1, 0.15) is 0 Å². The van der Waals surface area contributed by atoms with Gasteiger partial charge in [0.2, 0.25) is 0 Å². The molecular formula is C4H7ClNSi. The van der Waals surface area contributed by atoms with Crippen molar-refractivity contribution in [1.29, 1.82) is 5.26 Å². The molecule has 0 aliphatic carbocycles. The van der Waals surface area contributed by atoms with Gasteiger partial charge in [0.25, 0.3) is 0 Å². The van der Waals surface area contributed by atoms with E-state index in [1.165, 1.54) is 0 Å². The van der Waals surface area contributed by atoms with E-state index in [0.29, 0.717) is 6.42 Å². The van der Waals surface area contributed by atoms with Crippen LogP contribution in [0.2, 0.25) is 12.6 Å². The largest absolute Gasteiger partial charge is 0.198 e. The Morgan fingerprint density at radius 3 is 2.57 bits per heavy atom. The summed E-state index contributed by atoms with van der Waals surface area (Å²) in [5, 5.41) is 8.02. The normalized spacial score (nSPS) is 8.86. The molecule has 0 saturated heterocycles. The first-order valence-electron chi connectivity index (χ1n) is 2.12. The van der Waals surface area contributed by atoms with Crippen LogP contribution in [0.1, 0.15) is 6.42 Å². The summed E-state index contributed by atoms with van der Waals surface area (Å²) < 4.78 is 0. The molecule has 0 spiro atoms. The van der Waals surface area contributed by atoms with E-state index in [2.05, 4.69) is 0 Å². The Bertz CT molecular complexity index is 76.2. The number of hydrogen-bond donors (Lipinski definition) is 0. The molecule has 0 unspecified atom stereocenters. The Hall–Kier alpha value is -0.00312. The first-order valence-corrected chi connectivity index (χ1v) is 5.34. The molecule has 0 fully saturated rings. The monoisotopic (exact) mass is 132 g/mol. The molecule has 3 heteroatoms. The van der Waals surface area contributed by atoms with E-state index in [9.17, 15) is 0 Å². The van der Waals surface area contributed by atoms with E-state index in [1.54, 1.807) is 0 Å². The highest BCUT2D eigenvalue weighted by atomic mass is 35.6. The quantitative estimate of drug-likeness (QED) is 0.415. The smallest absolute Gasteiger partial charge is 0.163 e. The van der Waals surface area contributed by atoms with E-state index >= 15 is 0 Å². The lowest BCUT2D eigenvalue weighted by Gasteiger charge is -1.88. The predicted octanol–water partition coefficient (Wildman–Crippen LogP) is 1.76. The van der Waals surface area contributed by atoms with Gasteiger partial charge in [-0.15, -0.1) is 0 Å². The molecule has 0 aromatic heterocycles. The molecule has 39 valence electrons. The van der Waals surface area contributed by atoms with Gasteiger partial charge in [-0.3, -0.25) is 0 Å². The van der Waals surface area contributed by atoms with Crippen molar-refractivity contribution in [2.75, 3.05) is 0 Å². The Morgan fingerprint density at radius 2 is 2.43 bits per heavy atom. The van der Waals surface area contributed by atoms with Gasteiger partial charge in [0.15, 0.2) is 8.11 Å². The fraction of sp³-hybridized carbons (Fsp3) is 0.750. The van der Waals surface area contributed by atoms with Gasteiger partial charge in [-0.1, -0.05) is 6.55 Å². The molecule has 1 nitrogen and oxygen atoms in total. The number of rotatable bonds is 2. The van der Waals surface area contributed by atoms with Crippen LogP contribution in [-0.2, 0) is 0 Å². The van der Waals surface area contributed by atoms with Crippen molar-refractivity contribution >= 4 is 19.2 Å². The molecule has 0 aliphatic rings. The highest BCUT2D eigenvalue weighted by Crippen LogP contribution is 1.98. The molecule has 0 aromatic rings. The summed E-state index contributed by atoms with van der Waals surface area (Å²) in [4.78, 5) is 0. The highest BCUT2D eigenvalue weighted by molar-refractivity contribution is 7.06.